The summed E-state index contributed by atoms with van der Waals surface area (Å²) >= 11 is 0. The van der Waals surface area contributed by atoms with Crippen LogP contribution in [0.5, 0.6) is 5.75 Å². The topological polar surface area (TPSA) is 59.0 Å². The van der Waals surface area contributed by atoms with E-state index in [0.717, 1.165) is 29.2 Å². The molecule has 0 bridgehead atoms. The van der Waals surface area contributed by atoms with E-state index in [1.54, 1.807) is 13.8 Å². The number of hydrogen-bond acceptors (Lipinski definition) is 4. The van der Waals surface area contributed by atoms with Crippen LogP contribution in [-0.2, 0) is 35.2 Å². The fourth-order valence-corrected chi connectivity index (χ4v) is 5.33. The number of halogens is 10. The van der Waals surface area contributed by atoms with Gasteiger partial charge in [-0.15, -0.1) is 0 Å². The van der Waals surface area contributed by atoms with Gasteiger partial charge < -0.3 is 19.5 Å². The highest BCUT2D eigenvalue weighted by Gasteiger charge is 2.41. The number of aliphatic hydroxyl groups is 1. The van der Waals surface area contributed by atoms with E-state index in [1.165, 1.54) is 20.1 Å². The minimum Gasteiger partial charge on any atom is -0.496 e. The van der Waals surface area contributed by atoms with Gasteiger partial charge >= 0.3 is 24.6 Å². The lowest BCUT2D eigenvalue weighted by atomic mass is 9.83. The van der Waals surface area contributed by atoms with Crippen molar-refractivity contribution in [2.75, 3.05) is 13.7 Å². The number of cyclic esters (lactones) is 1. The van der Waals surface area contributed by atoms with Crippen molar-refractivity contribution in [1.29, 1.82) is 0 Å². The Morgan fingerprint density at radius 3 is 1.91 bits per heavy atom. The van der Waals surface area contributed by atoms with Crippen molar-refractivity contribution < 1.29 is 63.3 Å². The Morgan fingerprint density at radius 1 is 0.851 bits per heavy atom. The molecule has 1 N–H and O–H groups in total. The van der Waals surface area contributed by atoms with E-state index >= 15 is 4.39 Å². The first kappa shape index (κ1) is 35.8. The SMILES string of the molecule is COc1cc(F)c(C(C)(C)CO)cc1-c1ccc(C(F)(F)F)cc1CN1C(=O)O[C@H](c2cc(C(F)(F)F)cc(C(F)(F)F)c2)C[C@@H]1C. The van der Waals surface area contributed by atoms with Crippen LogP contribution in [0, 0.1) is 5.82 Å². The molecule has 1 heterocycles. The molecule has 256 valence electrons. The standard InChI is InChI=1S/C32H29F10NO4/c1-16-7-26(17-8-20(31(37,38)39)11-21(9-17)32(40,41)42)47-28(45)43(16)14-18-10-19(30(34,35)36)5-6-22(18)23-12-24(29(2,3)15-44)25(33)13-27(23)46-4/h5-6,8-13,16,26,44H,7,14-15H2,1-4H3/t16-,26-/m0/s1. The summed E-state index contributed by atoms with van der Waals surface area (Å²) in [6.45, 7) is 3.48. The second-order valence-corrected chi connectivity index (χ2v) is 11.9. The molecule has 1 aliphatic rings. The number of hydrogen-bond donors (Lipinski definition) is 1. The lowest BCUT2D eigenvalue weighted by molar-refractivity contribution is -0.143. The first-order valence-corrected chi connectivity index (χ1v) is 14.0. The molecule has 0 aromatic heterocycles. The smallest absolute Gasteiger partial charge is 0.416 e. The third-order valence-electron chi connectivity index (χ3n) is 8.02. The molecule has 0 radical (unpaired) electrons. The molecule has 3 aromatic carbocycles. The van der Waals surface area contributed by atoms with Crippen LogP contribution < -0.4 is 4.74 Å². The number of nitrogens with zero attached hydrogens (tertiary/aromatic N) is 1. The van der Waals surface area contributed by atoms with Crippen molar-refractivity contribution in [3.05, 3.63) is 87.7 Å². The van der Waals surface area contributed by atoms with E-state index in [2.05, 4.69) is 0 Å². The number of carbonyl (C=O) groups excluding carboxylic acids is 1. The van der Waals surface area contributed by atoms with Crippen LogP contribution in [0.1, 0.15) is 66.7 Å². The summed E-state index contributed by atoms with van der Waals surface area (Å²) in [6.07, 6.45) is -18.1. The zero-order valence-corrected chi connectivity index (χ0v) is 25.3. The normalized spacial score (nSPS) is 17.9. The Bertz CT molecular complexity index is 1610. The molecule has 15 heteroatoms. The predicted molar refractivity (Wildman–Crippen MR) is 149 cm³/mol. The monoisotopic (exact) mass is 681 g/mol. The second-order valence-electron chi connectivity index (χ2n) is 11.9. The largest absolute Gasteiger partial charge is 0.496 e. The van der Waals surface area contributed by atoms with Gasteiger partial charge in [0, 0.05) is 36.1 Å². The number of benzene rings is 3. The van der Waals surface area contributed by atoms with E-state index in [1.807, 2.05) is 0 Å². The number of ether oxygens (including phenoxy) is 2. The van der Waals surface area contributed by atoms with Gasteiger partial charge in [-0.1, -0.05) is 19.9 Å². The molecule has 3 aromatic rings. The highest BCUT2D eigenvalue weighted by atomic mass is 19.4. The van der Waals surface area contributed by atoms with Gasteiger partial charge in [0.2, 0.25) is 0 Å². The number of alkyl halides is 9. The van der Waals surface area contributed by atoms with Gasteiger partial charge in [0.05, 0.1) is 30.4 Å². The lowest BCUT2D eigenvalue weighted by Gasteiger charge is -2.38. The van der Waals surface area contributed by atoms with Crippen molar-refractivity contribution in [2.24, 2.45) is 0 Å². The summed E-state index contributed by atoms with van der Waals surface area (Å²) in [5.41, 5.74) is -5.80. The summed E-state index contributed by atoms with van der Waals surface area (Å²) in [7, 11) is 1.21. The maximum atomic E-state index is 15.0. The van der Waals surface area contributed by atoms with Crippen LogP contribution in [0.4, 0.5) is 48.7 Å². The van der Waals surface area contributed by atoms with Gasteiger partial charge in [0.15, 0.2) is 0 Å². The highest BCUT2D eigenvalue weighted by Crippen LogP contribution is 2.43. The number of aliphatic hydroxyl groups excluding tert-OH is 1. The van der Waals surface area contributed by atoms with Gasteiger partial charge in [-0.3, -0.25) is 0 Å². The molecule has 5 nitrogen and oxygen atoms in total. The third-order valence-corrected chi connectivity index (χ3v) is 8.02. The molecule has 0 spiro atoms. The molecule has 2 atom stereocenters. The molecule has 0 aliphatic carbocycles. The quantitative estimate of drug-likeness (QED) is 0.253. The fourth-order valence-electron chi connectivity index (χ4n) is 5.33. The molecule has 4 rings (SSSR count). The second kappa shape index (κ2) is 12.5. The summed E-state index contributed by atoms with van der Waals surface area (Å²) in [6, 6.07) is 4.88. The van der Waals surface area contributed by atoms with E-state index in [0.29, 0.717) is 12.1 Å². The van der Waals surface area contributed by atoms with E-state index < -0.39 is 83.4 Å². The average molecular weight is 682 g/mol. The van der Waals surface area contributed by atoms with Crippen molar-refractivity contribution >= 4 is 6.09 Å². The Hall–Kier alpha value is -4.01. The van der Waals surface area contributed by atoms with Gasteiger partial charge in [-0.05, 0) is 65.6 Å². The number of amides is 1. The highest BCUT2D eigenvalue weighted by molar-refractivity contribution is 5.76. The molecule has 1 amide bonds. The molecule has 47 heavy (non-hydrogen) atoms. The Kier molecular flexibility index (Phi) is 9.57. The summed E-state index contributed by atoms with van der Waals surface area (Å²) in [4.78, 5) is 14.2. The first-order valence-electron chi connectivity index (χ1n) is 14.0. The minimum atomic E-state index is -5.14. The van der Waals surface area contributed by atoms with Gasteiger partial charge in [0.25, 0.3) is 0 Å². The number of methoxy groups -OCH3 is 1. The average Bonchev–Trinajstić information content (AvgIpc) is 2.97. The lowest BCUT2D eigenvalue weighted by Crippen LogP contribution is -2.44. The van der Waals surface area contributed by atoms with Crippen molar-refractivity contribution in [3.63, 3.8) is 0 Å². The molecular formula is C32H29F10NO4. The predicted octanol–water partition coefficient (Wildman–Crippen LogP) is 9.30. The maximum Gasteiger partial charge on any atom is 0.416 e. The van der Waals surface area contributed by atoms with Crippen LogP contribution in [0.3, 0.4) is 0 Å². The Balaban J connectivity index is 1.77. The van der Waals surface area contributed by atoms with Crippen LogP contribution in [0.15, 0.2) is 48.5 Å². The molecule has 1 fully saturated rings. The Morgan fingerprint density at radius 2 is 1.43 bits per heavy atom. The summed E-state index contributed by atoms with van der Waals surface area (Å²) in [5, 5.41) is 9.84. The molecule has 0 saturated carbocycles. The van der Waals surface area contributed by atoms with E-state index in [9.17, 15) is 49.4 Å². The van der Waals surface area contributed by atoms with Crippen LogP contribution in [0.2, 0.25) is 0 Å². The van der Waals surface area contributed by atoms with Crippen molar-refractivity contribution in [3.8, 4) is 16.9 Å². The molecule has 1 aliphatic heterocycles. The van der Waals surface area contributed by atoms with E-state index in [4.69, 9.17) is 9.47 Å². The molecule has 0 unspecified atom stereocenters. The third kappa shape index (κ3) is 7.60. The Labute approximate surface area is 262 Å². The zero-order valence-electron chi connectivity index (χ0n) is 25.3. The van der Waals surface area contributed by atoms with Crippen LogP contribution in [-0.4, -0.2) is 35.9 Å². The maximum absolute atomic E-state index is 15.0. The van der Waals surface area contributed by atoms with Gasteiger partial charge in [0.1, 0.15) is 17.7 Å². The molecule has 1 saturated heterocycles. The molecular weight excluding hydrogens is 652 g/mol. The van der Waals surface area contributed by atoms with Crippen LogP contribution >= 0.6 is 0 Å². The number of carbonyl (C=O) groups is 1. The fraction of sp³-hybridized carbons (Fsp3) is 0.406. The van der Waals surface area contributed by atoms with Crippen LogP contribution in [0.25, 0.3) is 11.1 Å². The van der Waals surface area contributed by atoms with Gasteiger partial charge in [-0.2, -0.15) is 39.5 Å². The summed E-state index contributed by atoms with van der Waals surface area (Å²) < 4.78 is 148. The van der Waals surface area contributed by atoms with Crippen molar-refractivity contribution in [2.45, 2.75) is 69.8 Å². The number of rotatable bonds is 7. The van der Waals surface area contributed by atoms with Crippen molar-refractivity contribution in [1.82, 2.24) is 4.90 Å². The first-order chi connectivity index (χ1) is 21.6. The van der Waals surface area contributed by atoms with Gasteiger partial charge in [-0.25, -0.2) is 9.18 Å². The minimum absolute atomic E-state index is 0.0227. The summed E-state index contributed by atoms with van der Waals surface area (Å²) in [5.74, 6) is -0.819. The van der Waals surface area contributed by atoms with E-state index in [-0.39, 0.29) is 40.5 Å². The zero-order chi connectivity index (χ0) is 35.3.